The molecule has 0 saturated heterocycles. The molecule has 3 N–H and O–H groups in total. The molecular weight excluding hydrogens is 326 g/mol. The van der Waals surface area contributed by atoms with Crippen LogP contribution in [-0.2, 0) is 9.59 Å². The molecule has 2 unspecified atom stereocenters. The summed E-state index contributed by atoms with van der Waals surface area (Å²) in [5, 5.41) is 8.96. The maximum Gasteiger partial charge on any atom is 0.324 e. The molecule has 1 aliphatic rings. The van der Waals surface area contributed by atoms with Gasteiger partial charge >= 0.3 is 5.97 Å². The van der Waals surface area contributed by atoms with Crippen LogP contribution in [0, 0.1) is 5.92 Å². The molecule has 4 nitrogen and oxygen atoms in total. The van der Waals surface area contributed by atoms with Gasteiger partial charge in [-0.2, -0.15) is 0 Å². The number of hydrogen-bond donors (Lipinski definition) is 2. The van der Waals surface area contributed by atoms with Crippen molar-refractivity contribution in [3.63, 3.8) is 0 Å². The normalized spacial score (nSPS) is 21.7. The second-order valence-corrected chi connectivity index (χ2v) is 8.27. The predicted octanol–water partition coefficient (Wildman–Crippen LogP) is 5.62. The highest BCUT2D eigenvalue weighted by molar-refractivity contribution is 5.96. The third kappa shape index (κ3) is 9.16. The SMILES string of the molecule is CCCCCCCCCCCCCCCCCC(=O)C1CC1(N)C(=O)O. The number of carbonyl (C=O) groups excluding carboxylic acids is 1. The first-order chi connectivity index (χ1) is 12.5. The zero-order chi connectivity index (χ0) is 19.3. The Morgan fingerprint density at radius 2 is 1.19 bits per heavy atom. The first-order valence-electron chi connectivity index (χ1n) is 11.1. The van der Waals surface area contributed by atoms with Crippen molar-refractivity contribution >= 4 is 11.8 Å². The van der Waals surface area contributed by atoms with Gasteiger partial charge in [0, 0.05) is 12.3 Å². The highest BCUT2D eigenvalue weighted by atomic mass is 16.4. The summed E-state index contributed by atoms with van der Waals surface area (Å²) < 4.78 is 0. The van der Waals surface area contributed by atoms with E-state index in [0.29, 0.717) is 12.8 Å². The Bertz CT molecular complexity index is 410. The van der Waals surface area contributed by atoms with Crippen LogP contribution in [0.1, 0.15) is 116 Å². The van der Waals surface area contributed by atoms with Crippen LogP contribution in [0.25, 0.3) is 0 Å². The summed E-state index contributed by atoms with van der Waals surface area (Å²) in [5.41, 5.74) is 4.41. The van der Waals surface area contributed by atoms with E-state index >= 15 is 0 Å². The summed E-state index contributed by atoms with van der Waals surface area (Å²) in [7, 11) is 0. The van der Waals surface area contributed by atoms with E-state index in [1.165, 1.54) is 83.5 Å². The molecule has 1 rings (SSSR count). The van der Waals surface area contributed by atoms with E-state index in [1.54, 1.807) is 0 Å². The fourth-order valence-corrected chi connectivity index (χ4v) is 3.76. The van der Waals surface area contributed by atoms with Gasteiger partial charge in [-0.1, -0.05) is 96.8 Å². The molecule has 0 amide bonds. The molecule has 1 aliphatic carbocycles. The van der Waals surface area contributed by atoms with Crippen molar-refractivity contribution in [1.82, 2.24) is 0 Å². The molecule has 1 fully saturated rings. The van der Waals surface area contributed by atoms with Crippen LogP contribution >= 0.6 is 0 Å². The van der Waals surface area contributed by atoms with Crippen LogP contribution in [0.5, 0.6) is 0 Å². The van der Waals surface area contributed by atoms with E-state index < -0.39 is 17.4 Å². The Labute approximate surface area is 160 Å². The summed E-state index contributed by atoms with van der Waals surface area (Å²) >= 11 is 0. The van der Waals surface area contributed by atoms with Gasteiger partial charge in [0.1, 0.15) is 11.3 Å². The van der Waals surface area contributed by atoms with Gasteiger partial charge in [-0.15, -0.1) is 0 Å². The number of carboxylic acid groups (broad SMARTS) is 1. The van der Waals surface area contributed by atoms with Crippen LogP contribution in [0.4, 0.5) is 0 Å². The lowest BCUT2D eigenvalue weighted by Gasteiger charge is -2.05. The van der Waals surface area contributed by atoms with Crippen LogP contribution in [0.15, 0.2) is 0 Å². The summed E-state index contributed by atoms with van der Waals surface area (Å²) in [4.78, 5) is 22.8. The largest absolute Gasteiger partial charge is 0.480 e. The standard InChI is InChI=1S/C22H41NO3/c1-2-3-4-5-6-7-8-9-10-11-12-13-14-15-16-17-20(24)19-18-22(19,23)21(25)26/h19H,2-18,23H2,1H3,(H,25,26). The van der Waals surface area contributed by atoms with Crippen molar-refractivity contribution in [2.45, 2.75) is 122 Å². The number of rotatable bonds is 18. The maximum atomic E-state index is 11.9. The summed E-state index contributed by atoms with van der Waals surface area (Å²) in [6.07, 6.45) is 20.4. The zero-order valence-corrected chi connectivity index (χ0v) is 16.9. The van der Waals surface area contributed by atoms with Crippen molar-refractivity contribution in [1.29, 1.82) is 0 Å². The molecule has 152 valence electrons. The minimum Gasteiger partial charge on any atom is -0.480 e. The Kier molecular flexibility index (Phi) is 11.8. The average Bonchev–Trinajstić information content (AvgIpc) is 3.32. The maximum absolute atomic E-state index is 11.9. The van der Waals surface area contributed by atoms with Crippen molar-refractivity contribution in [2.24, 2.45) is 11.7 Å². The molecule has 0 heterocycles. The lowest BCUT2D eigenvalue weighted by atomic mass is 10.0. The molecule has 0 aromatic rings. The van der Waals surface area contributed by atoms with E-state index in [4.69, 9.17) is 10.8 Å². The van der Waals surface area contributed by atoms with Crippen LogP contribution in [0.2, 0.25) is 0 Å². The predicted molar refractivity (Wildman–Crippen MR) is 107 cm³/mol. The van der Waals surface area contributed by atoms with Crippen molar-refractivity contribution in [3.8, 4) is 0 Å². The van der Waals surface area contributed by atoms with Crippen LogP contribution in [0.3, 0.4) is 0 Å². The van der Waals surface area contributed by atoms with Gasteiger partial charge in [-0.05, 0) is 12.8 Å². The van der Waals surface area contributed by atoms with E-state index in [9.17, 15) is 9.59 Å². The lowest BCUT2D eigenvalue weighted by Crippen LogP contribution is -2.36. The molecule has 0 bridgehead atoms. The van der Waals surface area contributed by atoms with Gasteiger partial charge in [-0.3, -0.25) is 9.59 Å². The van der Waals surface area contributed by atoms with Crippen molar-refractivity contribution in [2.75, 3.05) is 0 Å². The van der Waals surface area contributed by atoms with Crippen molar-refractivity contribution in [3.05, 3.63) is 0 Å². The number of nitrogens with two attached hydrogens (primary N) is 1. The monoisotopic (exact) mass is 367 g/mol. The van der Waals surface area contributed by atoms with Gasteiger partial charge in [0.25, 0.3) is 0 Å². The molecule has 0 radical (unpaired) electrons. The molecule has 4 heteroatoms. The number of carbonyl (C=O) groups is 2. The van der Waals surface area contributed by atoms with Gasteiger partial charge < -0.3 is 10.8 Å². The van der Waals surface area contributed by atoms with E-state index in [-0.39, 0.29) is 5.78 Å². The Morgan fingerprint density at radius 1 is 0.808 bits per heavy atom. The number of hydrogen-bond acceptors (Lipinski definition) is 3. The number of aliphatic carboxylic acids is 1. The first-order valence-corrected chi connectivity index (χ1v) is 11.1. The molecule has 26 heavy (non-hydrogen) atoms. The number of carboxylic acids is 1. The molecule has 1 saturated carbocycles. The minimum absolute atomic E-state index is 0.0459. The third-order valence-electron chi connectivity index (χ3n) is 5.82. The summed E-state index contributed by atoms with van der Waals surface area (Å²) in [6.45, 7) is 2.26. The van der Waals surface area contributed by atoms with Gasteiger partial charge in [0.15, 0.2) is 0 Å². The lowest BCUT2D eigenvalue weighted by molar-refractivity contribution is -0.141. The van der Waals surface area contributed by atoms with Gasteiger partial charge in [0.2, 0.25) is 0 Å². The first kappa shape index (κ1) is 23.1. The summed E-state index contributed by atoms with van der Waals surface area (Å²) in [5.74, 6) is -1.43. The topological polar surface area (TPSA) is 80.4 Å². The number of ketones is 1. The van der Waals surface area contributed by atoms with E-state index in [1.807, 2.05) is 0 Å². The minimum atomic E-state index is -1.26. The number of unbranched alkanes of at least 4 members (excludes halogenated alkanes) is 14. The Balaban J connectivity index is 1.79. The second kappa shape index (κ2) is 13.3. The van der Waals surface area contributed by atoms with Gasteiger partial charge in [0.05, 0.1) is 0 Å². The molecule has 0 aliphatic heterocycles. The quantitative estimate of drug-likeness (QED) is 0.308. The van der Waals surface area contributed by atoms with Gasteiger partial charge in [-0.25, -0.2) is 0 Å². The summed E-state index contributed by atoms with van der Waals surface area (Å²) in [6, 6.07) is 0. The van der Waals surface area contributed by atoms with Crippen molar-refractivity contribution < 1.29 is 14.7 Å². The number of Topliss-reactive ketones (excluding diaryl/α,β-unsaturated/α-hetero) is 1. The average molecular weight is 368 g/mol. The molecular formula is C22H41NO3. The molecule has 0 aromatic carbocycles. The smallest absolute Gasteiger partial charge is 0.324 e. The second-order valence-electron chi connectivity index (χ2n) is 8.27. The fourth-order valence-electron chi connectivity index (χ4n) is 3.76. The van der Waals surface area contributed by atoms with Crippen LogP contribution < -0.4 is 5.73 Å². The van der Waals surface area contributed by atoms with Crippen LogP contribution in [-0.4, -0.2) is 22.4 Å². The van der Waals surface area contributed by atoms with E-state index in [2.05, 4.69) is 6.92 Å². The molecule has 0 spiro atoms. The highest BCUT2D eigenvalue weighted by Crippen LogP contribution is 2.42. The van der Waals surface area contributed by atoms with E-state index in [0.717, 1.165) is 12.8 Å². The highest BCUT2D eigenvalue weighted by Gasteiger charge is 2.60. The molecule has 2 atom stereocenters. The fraction of sp³-hybridized carbons (Fsp3) is 0.909. The third-order valence-corrected chi connectivity index (χ3v) is 5.82. The Hall–Kier alpha value is -0.900. The zero-order valence-electron chi connectivity index (χ0n) is 16.9. The molecule has 0 aromatic heterocycles. The Morgan fingerprint density at radius 3 is 1.54 bits per heavy atom.